The van der Waals surface area contributed by atoms with Crippen molar-refractivity contribution in [1.82, 2.24) is 5.32 Å². The van der Waals surface area contributed by atoms with Gasteiger partial charge in [-0.2, -0.15) is 0 Å². The van der Waals surface area contributed by atoms with E-state index in [-0.39, 0.29) is 24.5 Å². The first-order chi connectivity index (χ1) is 11.8. The van der Waals surface area contributed by atoms with E-state index >= 15 is 0 Å². The molecule has 3 aliphatic rings. The van der Waals surface area contributed by atoms with Gasteiger partial charge in [-0.15, -0.1) is 0 Å². The van der Waals surface area contributed by atoms with Crippen LogP contribution in [0, 0.1) is 0 Å². The van der Waals surface area contributed by atoms with Crippen molar-refractivity contribution >= 4 is 0 Å². The zero-order valence-electron chi connectivity index (χ0n) is 13.7. The molecular formula is C18H25NO5. The SMILES string of the molecule is O[C@H]1[C@@H]2OC[C@@H](O2)[C@H](O[C@H]2CCCCO2)[C@H]1NCc1ccccc1. The summed E-state index contributed by atoms with van der Waals surface area (Å²) < 4.78 is 23.2. The van der Waals surface area contributed by atoms with Crippen LogP contribution in [0.25, 0.3) is 0 Å². The number of hydrogen-bond acceptors (Lipinski definition) is 6. The Balaban J connectivity index is 1.45. The summed E-state index contributed by atoms with van der Waals surface area (Å²) in [5.74, 6) is 0. The standard InChI is InChI=1S/C18H25NO5/c20-16-15(19-10-12-6-2-1-3-7-12)17(13-11-22-18(16)23-13)24-14-8-4-5-9-21-14/h1-3,6-7,13-20H,4-5,8-11H2/t13-,14+,15+,16-,17+,18-/m1/s1. The van der Waals surface area contributed by atoms with E-state index in [0.29, 0.717) is 13.2 Å². The van der Waals surface area contributed by atoms with E-state index in [1.165, 1.54) is 0 Å². The minimum Gasteiger partial charge on any atom is -0.386 e. The van der Waals surface area contributed by atoms with Gasteiger partial charge in [0.15, 0.2) is 12.6 Å². The van der Waals surface area contributed by atoms with E-state index in [1.807, 2.05) is 18.2 Å². The normalized spacial score (nSPS) is 39.0. The van der Waals surface area contributed by atoms with Crippen molar-refractivity contribution in [3.05, 3.63) is 35.9 Å². The van der Waals surface area contributed by atoms with Crippen LogP contribution >= 0.6 is 0 Å². The zero-order chi connectivity index (χ0) is 16.4. The third-order valence-electron chi connectivity index (χ3n) is 4.93. The van der Waals surface area contributed by atoms with Gasteiger partial charge in [-0.1, -0.05) is 30.3 Å². The number of hydrogen-bond donors (Lipinski definition) is 2. The molecule has 132 valence electrons. The first kappa shape index (κ1) is 16.4. The quantitative estimate of drug-likeness (QED) is 0.842. The molecule has 2 N–H and O–H groups in total. The molecule has 6 atom stereocenters. The van der Waals surface area contributed by atoms with Gasteiger partial charge in [-0.25, -0.2) is 0 Å². The lowest BCUT2D eigenvalue weighted by molar-refractivity contribution is -0.255. The fourth-order valence-electron chi connectivity index (χ4n) is 3.62. The lowest BCUT2D eigenvalue weighted by atomic mass is 9.97. The summed E-state index contributed by atoms with van der Waals surface area (Å²) in [6.07, 6.45) is 1.05. The Hall–Kier alpha value is -1.02. The minimum absolute atomic E-state index is 0.169. The number of rotatable bonds is 5. The Labute approximate surface area is 142 Å². The average Bonchev–Trinajstić information content (AvgIpc) is 3.08. The molecule has 3 fully saturated rings. The first-order valence-electron chi connectivity index (χ1n) is 8.81. The number of aliphatic hydroxyl groups excluding tert-OH is 1. The Morgan fingerprint density at radius 3 is 2.83 bits per heavy atom. The van der Waals surface area contributed by atoms with Crippen molar-refractivity contribution in [3.63, 3.8) is 0 Å². The molecule has 1 aromatic carbocycles. The lowest BCUT2D eigenvalue weighted by Gasteiger charge is -2.41. The molecule has 0 amide bonds. The largest absolute Gasteiger partial charge is 0.386 e. The van der Waals surface area contributed by atoms with E-state index in [0.717, 1.165) is 31.4 Å². The lowest BCUT2D eigenvalue weighted by Crippen LogP contribution is -2.61. The van der Waals surface area contributed by atoms with Crippen LogP contribution in [0.1, 0.15) is 24.8 Å². The average molecular weight is 335 g/mol. The Morgan fingerprint density at radius 1 is 1.17 bits per heavy atom. The summed E-state index contributed by atoms with van der Waals surface area (Å²) in [5, 5.41) is 14.0. The second-order valence-corrected chi connectivity index (χ2v) is 6.66. The van der Waals surface area contributed by atoms with Crippen LogP contribution in [0.2, 0.25) is 0 Å². The van der Waals surface area contributed by atoms with Gasteiger partial charge >= 0.3 is 0 Å². The molecule has 0 radical (unpaired) electrons. The van der Waals surface area contributed by atoms with Crippen LogP contribution in [-0.2, 0) is 25.5 Å². The Bertz CT molecular complexity index is 521. The second kappa shape index (κ2) is 7.47. The van der Waals surface area contributed by atoms with Crippen LogP contribution in [0.5, 0.6) is 0 Å². The van der Waals surface area contributed by atoms with Crippen LogP contribution in [0.4, 0.5) is 0 Å². The number of fused-ring (bicyclic) bond motifs is 2. The second-order valence-electron chi connectivity index (χ2n) is 6.66. The number of benzene rings is 1. The summed E-state index contributed by atoms with van der Waals surface area (Å²) in [6.45, 7) is 1.84. The molecule has 0 spiro atoms. The molecule has 6 nitrogen and oxygen atoms in total. The molecule has 0 unspecified atom stereocenters. The summed E-state index contributed by atoms with van der Waals surface area (Å²) in [7, 11) is 0. The summed E-state index contributed by atoms with van der Waals surface area (Å²) in [6, 6.07) is 9.88. The molecule has 2 bridgehead atoms. The summed E-state index contributed by atoms with van der Waals surface area (Å²) >= 11 is 0. The predicted octanol–water partition coefficient (Wildman–Crippen LogP) is 1.17. The molecule has 6 heteroatoms. The highest BCUT2D eigenvalue weighted by Crippen LogP contribution is 2.32. The van der Waals surface area contributed by atoms with E-state index in [1.54, 1.807) is 0 Å². The maximum atomic E-state index is 10.6. The van der Waals surface area contributed by atoms with Gasteiger partial charge in [0.25, 0.3) is 0 Å². The molecule has 0 saturated carbocycles. The fraction of sp³-hybridized carbons (Fsp3) is 0.667. The first-order valence-corrected chi connectivity index (χ1v) is 8.81. The van der Waals surface area contributed by atoms with Crippen molar-refractivity contribution in [1.29, 1.82) is 0 Å². The van der Waals surface area contributed by atoms with Gasteiger partial charge in [0.1, 0.15) is 18.3 Å². The molecule has 0 aromatic heterocycles. The van der Waals surface area contributed by atoms with Gasteiger partial charge in [0, 0.05) is 13.2 Å². The molecule has 4 rings (SSSR count). The molecule has 3 saturated heterocycles. The number of nitrogens with one attached hydrogen (secondary N) is 1. The van der Waals surface area contributed by atoms with Crippen molar-refractivity contribution in [2.45, 2.75) is 62.7 Å². The van der Waals surface area contributed by atoms with Crippen molar-refractivity contribution in [2.75, 3.05) is 13.2 Å². The number of aliphatic hydroxyl groups is 1. The van der Waals surface area contributed by atoms with Gasteiger partial charge in [0.05, 0.1) is 12.6 Å². The molecule has 24 heavy (non-hydrogen) atoms. The van der Waals surface area contributed by atoms with E-state index in [9.17, 15) is 5.11 Å². The van der Waals surface area contributed by atoms with Crippen molar-refractivity contribution in [3.8, 4) is 0 Å². The van der Waals surface area contributed by atoms with E-state index in [4.69, 9.17) is 18.9 Å². The summed E-state index contributed by atoms with van der Waals surface area (Å²) in [4.78, 5) is 0. The summed E-state index contributed by atoms with van der Waals surface area (Å²) in [5.41, 5.74) is 1.16. The predicted molar refractivity (Wildman–Crippen MR) is 86.2 cm³/mol. The van der Waals surface area contributed by atoms with Crippen LogP contribution in [-0.4, -0.2) is 55.3 Å². The van der Waals surface area contributed by atoms with Gasteiger partial charge in [-0.05, 0) is 24.8 Å². The molecule has 3 heterocycles. The molecule has 0 aliphatic carbocycles. The fourth-order valence-corrected chi connectivity index (χ4v) is 3.62. The molecular weight excluding hydrogens is 310 g/mol. The van der Waals surface area contributed by atoms with E-state index in [2.05, 4.69) is 17.4 Å². The topological polar surface area (TPSA) is 69.2 Å². The third-order valence-corrected chi connectivity index (χ3v) is 4.93. The molecule has 1 aromatic rings. The van der Waals surface area contributed by atoms with Crippen molar-refractivity contribution < 1.29 is 24.1 Å². The molecule has 3 aliphatic heterocycles. The monoisotopic (exact) mass is 335 g/mol. The highest BCUT2D eigenvalue weighted by molar-refractivity contribution is 5.15. The minimum atomic E-state index is -0.763. The highest BCUT2D eigenvalue weighted by Gasteiger charge is 2.51. The third kappa shape index (κ3) is 3.49. The highest BCUT2D eigenvalue weighted by atomic mass is 16.8. The van der Waals surface area contributed by atoms with Crippen LogP contribution in [0.3, 0.4) is 0 Å². The smallest absolute Gasteiger partial charge is 0.185 e. The maximum Gasteiger partial charge on any atom is 0.185 e. The number of ether oxygens (including phenoxy) is 4. The van der Waals surface area contributed by atoms with Crippen LogP contribution in [0.15, 0.2) is 30.3 Å². The van der Waals surface area contributed by atoms with Gasteiger partial charge in [0.2, 0.25) is 0 Å². The van der Waals surface area contributed by atoms with Crippen molar-refractivity contribution in [2.24, 2.45) is 0 Å². The Kier molecular flexibility index (Phi) is 5.12. The van der Waals surface area contributed by atoms with Crippen LogP contribution < -0.4 is 5.32 Å². The van der Waals surface area contributed by atoms with E-state index < -0.39 is 12.4 Å². The van der Waals surface area contributed by atoms with Gasteiger partial charge < -0.3 is 29.4 Å². The van der Waals surface area contributed by atoms with Gasteiger partial charge in [-0.3, -0.25) is 0 Å². The Morgan fingerprint density at radius 2 is 2.04 bits per heavy atom. The zero-order valence-corrected chi connectivity index (χ0v) is 13.7. The maximum absolute atomic E-state index is 10.6.